The first-order chi connectivity index (χ1) is 11.0. The van der Waals surface area contributed by atoms with E-state index in [4.69, 9.17) is 10.5 Å². The Hall–Kier alpha value is -2.75. The van der Waals surface area contributed by atoms with Crippen molar-refractivity contribution < 1.29 is 9.53 Å². The van der Waals surface area contributed by atoms with E-state index in [1.54, 1.807) is 17.0 Å². The quantitative estimate of drug-likeness (QED) is 0.697. The van der Waals surface area contributed by atoms with E-state index in [0.29, 0.717) is 24.4 Å². The fraction of sp³-hybridized carbons (Fsp3) is 0.211. The van der Waals surface area contributed by atoms with E-state index in [2.05, 4.69) is 6.58 Å². The number of ether oxygens (including phenoxy) is 1. The molecule has 0 spiro atoms. The van der Waals surface area contributed by atoms with Crippen LogP contribution in [0.15, 0.2) is 60.7 Å². The van der Waals surface area contributed by atoms with Gasteiger partial charge >= 0.3 is 0 Å². The molecule has 1 aliphatic rings. The normalized spacial score (nSPS) is 16.7. The molecule has 2 aromatic carbocycles. The van der Waals surface area contributed by atoms with Crippen molar-refractivity contribution in [1.82, 2.24) is 0 Å². The molecule has 1 unspecified atom stereocenters. The highest BCUT2D eigenvalue weighted by atomic mass is 16.5. The first-order valence-corrected chi connectivity index (χ1v) is 7.60. The van der Waals surface area contributed by atoms with E-state index >= 15 is 0 Å². The summed E-state index contributed by atoms with van der Waals surface area (Å²) in [5.74, 6) is 0.598. The van der Waals surface area contributed by atoms with Gasteiger partial charge in [-0.25, -0.2) is 0 Å². The van der Waals surface area contributed by atoms with Gasteiger partial charge in [0.25, 0.3) is 5.91 Å². The van der Waals surface area contributed by atoms with Crippen molar-refractivity contribution in [3.8, 4) is 5.75 Å². The molecule has 0 saturated heterocycles. The molecule has 0 aromatic heterocycles. The summed E-state index contributed by atoms with van der Waals surface area (Å²) >= 11 is 0. The molecule has 1 atom stereocenters. The van der Waals surface area contributed by atoms with Crippen LogP contribution in [-0.4, -0.2) is 18.6 Å². The molecular formula is C19H20N2O2. The smallest absolute Gasteiger partial charge is 0.268 e. The van der Waals surface area contributed by atoms with Crippen LogP contribution in [0.3, 0.4) is 0 Å². The second-order valence-electron chi connectivity index (χ2n) is 5.90. The lowest BCUT2D eigenvalue weighted by Gasteiger charge is -2.34. The van der Waals surface area contributed by atoms with Crippen molar-refractivity contribution in [3.05, 3.63) is 66.2 Å². The summed E-state index contributed by atoms with van der Waals surface area (Å²) in [5, 5.41) is 0. The van der Waals surface area contributed by atoms with E-state index in [-0.39, 0.29) is 5.91 Å². The Kier molecular flexibility index (Phi) is 4.06. The molecule has 0 fully saturated rings. The summed E-state index contributed by atoms with van der Waals surface area (Å²) in [6.45, 7) is 6.31. The summed E-state index contributed by atoms with van der Waals surface area (Å²) in [5.41, 5.74) is 9.21. The maximum Gasteiger partial charge on any atom is 0.268 e. The third-order valence-corrected chi connectivity index (χ3v) is 3.78. The van der Waals surface area contributed by atoms with Crippen molar-refractivity contribution in [1.29, 1.82) is 0 Å². The third-order valence-electron chi connectivity index (χ3n) is 3.78. The Morgan fingerprint density at radius 1 is 1.26 bits per heavy atom. The van der Waals surface area contributed by atoms with Gasteiger partial charge in [-0.05, 0) is 24.6 Å². The zero-order chi connectivity index (χ0) is 16.4. The third kappa shape index (κ3) is 3.21. The van der Waals surface area contributed by atoms with Gasteiger partial charge < -0.3 is 15.4 Å². The minimum absolute atomic E-state index is 0.0471. The molecule has 0 radical (unpaired) electrons. The number of rotatable bonds is 4. The van der Waals surface area contributed by atoms with Crippen molar-refractivity contribution >= 4 is 17.3 Å². The van der Waals surface area contributed by atoms with Crippen LogP contribution in [0.2, 0.25) is 0 Å². The van der Waals surface area contributed by atoms with E-state index in [1.807, 2.05) is 43.3 Å². The van der Waals surface area contributed by atoms with Crippen LogP contribution in [0.1, 0.15) is 12.5 Å². The summed E-state index contributed by atoms with van der Waals surface area (Å²) in [6, 6.07) is 15.2. The van der Waals surface area contributed by atoms with E-state index in [9.17, 15) is 4.79 Å². The number of carbonyl (C=O) groups is 1. The zero-order valence-electron chi connectivity index (χ0n) is 13.2. The van der Waals surface area contributed by atoms with Gasteiger partial charge in [-0.1, -0.05) is 42.5 Å². The average molecular weight is 308 g/mol. The number of benzene rings is 2. The lowest BCUT2D eigenvalue weighted by Crippen LogP contribution is -2.47. The number of amides is 1. The molecule has 23 heavy (non-hydrogen) atoms. The molecule has 0 saturated carbocycles. The zero-order valence-corrected chi connectivity index (χ0v) is 13.2. The summed E-state index contributed by atoms with van der Waals surface area (Å²) in [6.07, 6.45) is -0.0216. The Morgan fingerprint density at radius 2 is 2.00 bits per heavy atom. The fourth-order valence-electron chi connectivity index (χ4n) is 2.73. The van der Waals surface area contributed by atoms with Crippen molar-refractivity contribution in [2.24, 2.45) is 0 Å². The number of hydrogen-bond donors (Lipinski definition) is 1. The molecule has 1 amide bonds. The molecule has 2 aromatic rings. The second kappa shape index (κ2) is 6.16. The van der Waals surface area contributed by atoms with E-state index in [0.717, 1.165) is 16.8 Å². The van der Waals surface area contributed by atoms with E-state index < -0.39 is 6.10 Å². The van der Waals surface area contributed by atoms with Crippen molar-refractivity contribution in [2.45, 2.75) is 19.4 Å². The molecule has 0 bridgehead atoms. The van der Waals surface area contributed by atoms with Gasteiger partial charge in [-0.2, -0.15) is 0 Å². The van der Waals surface area contributed by atoms with Crippen LogP contribution in [-0.2, 0) is 11.2 Å². The number of nitrogens with two attached hydrogens (primary N) is 1. The number of nitrogens with zero attached hydrogens (tertiary/aromatic N) is 1. The van der Waals surface area contributed by atoms with Gasteiger partial charge in [0.05, 0.1) is 5.69 Å². The highest BCUT2D eigenvalue weighted by Crippen LogP contribution is 2.36. The first kappa shape index (κ1) is 15.2. The lowest BCUT2D eigenvalue weighted by atomic mass is 10.0. The van der Waals surface area contributed by atoms with Crippen LogP contribution >= 0.6 is 0 Å². The Bertz CT molecular complexity index is 740. The number of fused-ring (bicyclic) bond motifs is 1. The Morgan fingerprint density at radius 3 is 2.70 bits per heavy atom. The maximum atomic E-state index is 12.8. The van der Waals surface area contributed by atoms with Crippen LogP contribution in [0, 0.1) is 0 Å². The van der Waals surface area contributed by atoms with Crippen LogP contribution in [0.5, 0.6) is 5.75 Å². The van der Waals surface area contributed by atoms with Crippen LogP contribution in [0.4, 0.5) is 11.4 Å². The van der Waals surface area contributed by atoms with Gasteiger partial charge in [-0.3, -0.25) is 4.79 Å². The van der Waals surface area contributed by atoms with Gasteiger partial charge in [0.2, 0.25) is 0 Å². The maximum absolute atomic E-state index is 12.8. The number of nitrogen functional groups attached to an aromatic ring is 1. The van der Waals surface area contributed by atoms with Crippen molar-refractivity contribution in [3.63, 3.8) is 0 Å². The highest BCUT2D eigenvalue weighted by molar-refractivity contribution is 6.00. The molecule has 1 heterocycles. The first-order valence-electron chi connectivity index (χ1n) is 7.60. The second-order valence-corrected chi connectivity index (χ2v) is 5.90. The summed E-state index contributed by atoms with van der Waals surface area (Å²) in [7, 11) is 0. The molecule has 4 nitrogen and oxygen atoms in total. The Balaban J connectivity index is 1.94. The SMILES string of the molecule is C=C(C)CN1C(=O)C(Cc2ccccc2)Oc2cc(N)ccc21. The lowest BCUT2D eigenvalue weighted by molar-refractivity contribution is -0.126. The number of carbonyl (C=O) groups excluding carboxylic acids is 1. The molecule has 4 heteroatoms. The van der Waals surface area contributed by atoms with Crippen LogP contribution in [0.25, 0.3) is 0 Å². The molecule has 0 aliphatic carbocycles. The van der Waals surface area contributed by atoms with Crippen LogP contribution < -0.4 is 15.4 Å². The fourth-order valence-corrected chi connectivity index (χ4v) is 2.73. The average Bonchev–Trinajstić information content (AvgIpc) is 2.52. The van der Waals surface area contributed by atoms with E-state index in [1.165, 1.54) is 0 Å². The predicted molar refractivity (Wildman–Crippen MR) is 92.6 cm³/mol. The van der Waals surface area contributed by atoms with Gasteiger partial charge in [0, 0.05) is 24.7 Å². The minimum atomic E-state index is -0.550. The van der Waals surface area contributed by atoms with Crippen molar-refractivity contribution in [2.75, 3.05) is 17.2 Å². The molecule has 3 rings (SSSR count). The topological polar surface area (TPSA) is 55.6 Å². The standard InChI is InChI=1S/C19H20N2O2/c1-13(2)12-21-16-9-8-15(20)11-17(16)23-18(19(21)22)10-14-6-4-3-5-7-14/h3-9,11,18H,1,10,12,20H2,2H3. The van der Waals surface area contributed by atoms with Gasteiger partial charge in [0.15, 0.2) is 6.10 Å². The minimum Gasteiger partial charge on any atom is -0.478 e. The highest BCUT2D eigenvalue weighted by Gasteiger charge is 2.34. The van der Waals surface area contributed by atoms with Gasteiger partial charge in [0.1, 0.15) is 5.75 Å². The number of hydrogen-bond acceptors (Lipinski definition) is 3. The monoisotopic (exact) mass is 308 g/mol. The molecule has 1 aliphatic heterocycles. The Labute approximate surface area is 136 Å². The largest absolute Gasteiger partial charge is 0.478 e. The van der Waals surface area contributed by atoms with Gasteiger partial charge in [-0.15, -0.1) is 0 Å². The summed E-state index contributed by atoms with van der Waals surface area (Å²) in [4.78, 5) is 14.6. The summed E-state index contributed by atoms with van der Waals surface area (Å²) < 4.78 is 5.94. The predicted octanol–water partition coefficient (Wildman–Crippen LogP) is 3.18. The molecule has 118 valence electrons. The number of anilines is 2. The molecule has 2 N–H and O–H groups in total. The molecular weight excluding hydrogens is 288 g/mol.